The van der Waals surface area contributed by atoms with E-state index in [1.165, 1.54) is 35.2 Å². The molecule has 7 nitrogen and oxygen atoms in total. The highest BCUT2D eigenvalue weighted by Crippen LogP contribution is 2.29. The third-order valence-electron chi connectivity index (χ3n) is 4.35. The largest absolute Gasteiger partial charge is 0.336 e. The van der Waals surface area contributed by atoms with Crippen molar-refractivity contribution in [1.29, 1.82) is 0 Å². The lowest BCUT2D eigenvalue weighted by molar-refractivity contribution is 0.0941. The number of hydrogen-bond acceptors (Lipinski definition) is 5. The van der Waals surface area contributed by atoms with Crippen molar-refractivity contribution in [2.24, 2.45) is 0 Å². The molecule has 0 aliphatic carbocycles. The van der Waals surface area contributed by atoms with Crippen LogP contribution in [0.15, 0.2) is 59.8 Å². The molecule has 2 aromatic heterocycles. The highest BCUT2D eigenvalue weighted by Gasteiger charge is 2.41. The molecular weight excluding hydrogens is 337 g/mol. The molecule has 0 saturated carbocycles. The van der Waals surface area contributed by atoms with Gasteiger partial charge in [-0.3, -0.25) is 14.2 Å². The van der Waals surface area contributed by atoms with Gasteiger partial charge in [-0.2, -0.15) is 0 Å². The molecule has 0 bridgehead atoms. The van der Waals surface area contributed by atoms with Gasteiger partial charge < -0.3 is 10.6 Å². The van der Waals surface area contributed by atoms with Crippen LogP contribution in [0.5, 0.6) is 0 Å². The second-order valence-corrected chi connectivity index (χ2v) is 6.03. The van der Waals surface area contributed by atoms with E-state index in [1.54, 1.807) is 31.3 Å². The quantitative estimate of drug-likeness (QED) is 0.753. The number of hydrogen-bond donors (Lipinski definition) is 2. The first-order valence-electron chi connectivity index (χ1n) is 7.87. The summed E-state index contributed by atoms with van der Waals surface area (Å²) in [6.07, 6.45) is 2.90. The number of fused-ring (bicyclic) bond motifs is 1. The SMILES string of the molecule is CC1(c2cccc(F)c2)NC(=O)c2ccc(Nc3ccncn3)c(=O)n21. The Morgan fingerprint density at radius 3 is 2.77 bits per heavy atom. The highest BCUT2D eigenvalue weighted by atomic mass is 19.1. The van der Waals surface area contributed by atoms with Crippen LogP contribution in [0.4, 0.5) is 15.9 Å². The number of carbonyl (C=O) groups excluding carboxylic acids is 1. The van der Waals surface area contributed by atoms with Crippen molar-refractivity contribution in [3.8, 4) is 0 Å². The molecule has 1 unspecified atom stereocenters. The lowest BCUT2D eigenvalue weighted by atomic mass is 10.0. The van der Waals surface area contributed by atoms with Gasteiger partial charge in [0.1, 0.15) is 35.0 Å². The third kappa shape index (κ3) is 2.43. The monoisotopic (exact) mass is 351 g/mol. The number of aromatic nitrogens is 3. The van der Waals surface area contributed by atoms with Crippen molar-refractivity contribution in [3.63, 3.8) is 0 Å². The molecule has 4 rings (SSSR count). The van der Waals surface area contributed by atoms with E-state index in [4.69, 9.17) is 0 Å². The van der Waals surface area contributed by atoms with Crippen LogP contribution in [0.1, 0.15) is 23.0 Å². The zero-order chi connectivity index (χ0) is 18.3. The molecule has 2 N–H and O–H groups in total. The molecule has 3 heterocycles. The van der Waals surface area contributed by atoms with Crippen molar-refractivity contribution >= 4 is 17.4 Å². The minimum Gasteiger partial charge on any atom is -0.336 e. The minimum atomic E-state index is -1.20. The standard InChI is InChI=1S/C18H14FN5O2/c1-18(11-3-2-4-12(19)9-11)23-16(25)14-6-5-13(17(26)24(14)18)22-15-7-8-20-10-21-15/h2-10H,1H3,(H,23,25)(H,20,21,22). The van der Waals surface area contributed by atoms with Crippen LogP contribution in [0.25, 0.3) is 0 Å². The van der Waals surface area contributed by atoms with Gasteiger partial charge in [0.25, 0.3) is 11.5 Å². The molecule has 0 fully saturated rings. The van der Waals surface area contributed by atoms with Crippen molar-refractivity contribution in [2.75, 3.05) is 5.32 Å². The number of benzene rings is 1. The van der Waals surface area contributed by atoms with E-state index in [0.29, 0.717) is 11.4 Å². The summed E-state index contributed by atoms with van der Waals surface area (Å²) in [5, 5.41) is 5.69. The highest BCUT2D eigenvalue weighted by molar-refractivity contribution is 5.96. The third-order valence-corrected chi connectivity index (χ3v) is 4.35. The van der Waals surface area contributed by atoms with Crippen LogP contribution < -0.4 is 16.2 Å². The van der Waals surface area contributed by atoms with E-state index in [2.05, 4.69) is 20.6 Å². The van der Waals surface area contributed by atoms with Gasteiger partial charge in [0.2, 0.25) is 0 Å². The van der Waals surface area contributed by atoms with E-state index in [9.17, 15) is 14.0 Å². The fourth-order valence-corrected chi connectivity index (χ4v) is 3.09. The van der Waals surface area contributed by atoms with Gasteiger partial charge in [0.15, 0.2) is 0 Å². The lowest BCUT2D eigenvalue weighted by Crippen LogP contribution is -2.46. The van der Waals surface area contributed by atoms with Crippen LogP contribution >= 0.6 is 0 Å². The second kappa shape index (κ2) is 5.76. The molecule has 0 radical (unpaired) electrons. The summed E-state index contributed by atoms with van der Waals surface area (Å²) < 4.78 is 15.0. The van der Waals surface area contributed by atoms with E-state index < -0.39 is 22.9 Å². The summed E-state index contributed by atoms with van der Waals surface area (Å²) in [5.74, 6) is -0.403. The summed E-state index contributed by atoms with van der Waals surface area (Å²) in [5.41, 5.74) is -0.715. The topological polar surface area (TPSA) is 88.9 Å². The maximum atomic E-state index is 13.7. The Bertz CT molecular complexity index is 1070. The zero-order valence-electron chi connectivity index (χ0n) is 13.7. The molecule has 3 aromatic rings. The maximum absolute atomic E-state index is 13.7. The van der Waals surface area contributed by atoms with Gasteiger partial charge >= 0.3 is 0 Å². The molecule has 8 heteroatoms. The molecule has 130 valence electrons. The Kier molecular flexibility index (Phi) is 3.54. The second-order valence-electron chi connectivity index (χ2n) is 6.03. The molecule has 1 amide bonds. The Morgan fingerprint density at radius 1 is 1.19 bits per heavy atom. The molecule has 1 aliphatic heterocycles. The molecule has 26 heavy (non-hydrogen) atoms. The van der Waals surface area contributed by atoms with Crippen LogP contribution in [-0.2, 0) is 5.66 Å². The Hall–Kier alpha value is -3.55. The van der Waals surface area contributed by atoms with Crippen molar-refractivity contribution < 1.29 is 9.18 Å². The predicted molar refractivity (Wildman–Crippen MR) is 92.6 cm³/mol. The summed E-state index contributed by atoms with van der Waals surface area (Å²) in [4.78, 5) is 33.3. The Labute approximate surface area is 147 Å². The summed E-state index contributed by atoms with van der Waals surface area (Å²) in [6.45, 7) is 1.66. The number of nitrogens with one attached hydrogen (secondary N) is 2. The molecule has 1 aliphatic rings. The molecule has 1 aromatic carbocycles. The normalized spacial score (nSPS) is 18.3. The summed E-state index contributed by atoms with van der Waals surface area (Å²) in [7, 11) is 0. The summed E-state index contributed by atoms with van der Waals surface area (Å²) in [6, 6.07) is 10.5. The average Bonchev–Trinajstić information content (AvgIpc) is 2.90. The molecular formula is C18H14FN5O2. The van der Waals surface area contributed by atoms with Crippen LogP contribution in [0, 0.1) is 5.82 Å². The smallest absolute Gasteiger partial charge is 0.277 e. The lowest BCUT2D eigenvalue weighted by Gasteiger charge is -2.28. The Balaban J connectivity index is 1.87. The number of amides is 1. The maximum Gasteiger partial charge on any atom is 0.277 e. The first-order valence-corrected chi connectivity index (χ1v) is 7.87. The number of anilines is 2. The number of nitrogens with zero attached hydrogens (tertiary/aromatic N) is 3. The van der Waals surface area contributed by atoms with Gasteiger partial charge in [-0.05, 0) is 37.3 Å². The van der Waals surface area contributed by atoms with Crippen LogP contribution in [-0.4, -0.2) is 20.4 Å². The van der Waals surface area contributed by atoms with Crippen molar-refractivity contribution in [2.45, 2.75) is 12.6 Å². The van der Waals surface area contributed by atoms with Crippen molar-refractivity contribution in [1.82, 2.24) is 19.9 Å². The number of halogens is 1. The van der Waals surface area contributed by atoms with Gasteiger partial charge in [-0.25, -0.2) is 14.4 Å². The molecule has 0 spiro atoms. The minimum absolute atomic E-state index is 0.204. The van der Waals surface area contributed by atoms with Crippen molar-refractivity contribution in [3.05, 3.63) is 82.4 Å². The fraction of sp³-hybridized carbons (Fsp3) is 0.111. The number of rotatable bonds is 3. The molecule has 1 atom stereocenters. The van der Waals surface area contributed by atoms with Gasteiger partial charge in [0.05, 0.1) is 0 Å². The van der Waals surface area contributed by atoms with Gasteiger partial charge in [0, 0.05) is 11.8 Å². The molecule has 0 saturated heterocycles. The van der Waals surface area contributed by atoms with E-state index in [1.807, 2.05) is 0 Å². The van der Waals surface area contributed by atoms with Gasteiger partial charge in [-0.1, -0.05) is 12.1 Å². The van der Waals surface area contributed by atoms with Crippen LogP contribution in [0.3, 0.4) is 0 Å². The zero-order valence-corrected chi connectivity index (χ0v) is 13.7. The first kappa shape index (κ1) is 15.9. The van der Waals surface area contributed by atoms with Gasteiger partial charge in [-0.15, -0.1) is 0 Å². The summed E-state index contributed by atoms with van der Waals surface area (Å²) >= 11 is 0. The van der Waals surface area contributed by atoms with E-state index >= 15 is 0 Å². The van der Waals surface area contributed by atoms with E-state index in [-0.39, 0.29) is 11.4 Å². The first-order chi connectivity index (χ1) is 12.5. The number of carbonyl (C=O) groups is 1. The van der Waals surface area contributed by atoms with E-state index in [0.717, 1.165) is 0 Å². The number of pyridine rings is 1. The fourth-order valence-electron chi connectivity index (χ4n) is 3.09. The Morgan fingerprint density at radius 2 is 2.04 bits per heavy atom. The van der Waals surface area contributed by atoms with Crippen LogP contribution in [0.2, 0.25) is 0 Å². The predicted octanol–water partition coefficient (Wildman–Crippen LogP) is 1.99. The average molecular weight is 351 g/mol.